The van der Waals surface area contributed by atoms with Crippen LogP contribution in [0.5, 0.6) is 0 Å². The average Bonchev–Trinajstić information content (AvgIpc) is 2.74. The van der Waals surface area contributed by atoms with Crippen molar-refractivity contribution in [3.05, 3.63) is 0 Å². The Balaban J connectivity index is 1.74. The smallest absolute Gasteiger partial charge is 0.323 e. The number of carbonyl (C=O) groups is 1. The molecule has 3 N–H and O–H groups in total. The van der Waals surface area contributed by atoms with E-state index in [0.717, 1.165) is 32.1 Å². The van der Waals surface area contributed by atoms with E-state index in [1.807, 2.05) is 0 Å². The molecule has 18 heavy (non-hydrogen) atoms. The first-order valence-corrected chi connectivity index (χ1v) is 7.27. The molecule has 0 aromatic heterocycles. The fraction of sp³-hybridized carbons (Fsp3) is 0.929. The highest BCUT2D eigenvalue weighted by atomic mass is 16.5. The number of hydrogen-bond donors (Lipinski definition) is 2. The van der Waals surface area contributed by atoms with E-state index in [-0.39, 0.29) is 5.92 Å². The molecule has 0 aromatic carbocycles. The zero-order chi connectivity index (χ0) is 13.0. The lowest BCUT2D eigenvalue weighted by Gasteiger charge is -2.28. The molecule has 2 fully saturated rings. The third-order valence-electron chi connectivity index (χ3n) is 4.64. The molecule has 0 radical (unpaired) electrons. The first-order chi connectivity index (χ1) is 8.63. The van der Waals surface area contributed by atoms with Gasteiger partial charge in [-0.05, 0) is 38.0 Å². The van der Waals surface area contributed by atoms with Gasteiger partial charge in [-0.1, -0.05) is 25.7 Å². The fourth-order valence-corrected chi connectivity index (χ4v) is 3.39. The summed E-state index contributed by atoms with van der Waals surface area (Å²) in [5, 5.41) is 9.23. The molecule has 2 rings (SSSR count). The van der Waals surface area contributed by atoms with Crippen molar-refractivity contribution in [2.24, 2.45) is 11.7 Å². The van der Waals surface area contributed by atoms with E-state index in [2.05, 4.69) is 0 Å². The minimum atomic E-state index is -1.00. The van der Waals surface area contributed by atoms with Gasteiger partial charge in [-0.2, -0.15) is 0 Å². The van der Waals surface area contributed by atoms with Gasteiger partial charge in [0.05, 0.1) is 6.10 Å². The highest BCUT2D eigenvalue weighted by Gasteiger charge is 2.45. The summed E-state index contributed by atoms with van der Waals surface area (Å²) >= 11 is 0. The highest BCUT2D eigenvalue weighted by molar-refractivity contribution is 5.79. The summed E-state index contributed by atoms with van der Waals surface area (Å²) in [6, 6.07) is 0. The predicted molar refractivity (Wildman–Crippen MR) is 69.3 cm³/mol. The molecule has 2 aliphatic carbocycles. The van der Waals surface area contributed by atoms with Crippen LogP contribution in [0, 0.1) is 5.92 Å². The van der Waals surface area contributed by atoms with Crippen LogP contribution in [0.25, 0.3) is 0 Å². The Morgan fingerprint density at radius 3 is 2.61 bits per heavy atom. The van der Waals surface area contributed by atoms with Crippen LogP contribution in [0.3, 0.4) is 0 Å². The topological polar surface area (TPSA) is 72.6 Å². The van der Waals surface area contributed by atoms with Gasteiger partial charge in [0.15, 0.2) is 0 Å². The van der Waals surface area contributed by atoms with Crippen LogP contribution in [-0.4, -0.2) is 29.3 Å². The average molecular weight is 255 g/mol. The lowest BCUT2D eigenvalue weighted by atomic mass is 9.86. The summed E-state index contributed by atoms with van der Waals surface area (Å²) in [4.78, 5) is 11.2. The van der Waals surface area contributed by atoms with E-state index >= 15 is 0 Å². The summed E-state index contributed by atoms with van der Waals surface area (Å²) in [6.07, 6.45) is 9.84. The summed E-state index contributed by atoms with van der Waals surface area (Å²) in [6.45, 7) is 0.668. The first kappa shape index (κ1) is 13.8. The minimum Gasteiger partial charge on any atom is -0.480 e. The predicted octanol–water partition coefficient (Wildman–Crippen LogP) is 2.31. The van der Waals surface area contributed by atoms with E-state index in [9.17, 15) is 9.90 Å². The largest absolute Gasteiger partial charge is 0.480 e. The lowest BCUT2D eigenvalue weighted by Crippen LogP contribution is -2.51. The van der Waals surface area contributed by atoms with E-state index in [1.54, 1.807) is 0 Å². The van der Waals surface area contributed by atoms with Crippen LogP contribution < -0.4 is 5.73 Å². The van der Waals surface area contributed by atoms with E-state index in [1.165, 1.54) is 19.3 Å². The van der Waals surface area contributed by atoms with Gasteiger partial charge in [-0.25, -0.2) is 0 Å². The maximum atomic E-state index is 11.2. The Labute approximate surface area is 109 Å². The molecule has 0 spiro atoms. The molecule has 0 aliphatic heterocycles. The van der Waals surface area contributed by atoms with Gasteiger partial charge in [-0.3, -0.25) is 4.79 Å². The van der Waals surface area contributed by atoms with Crippen molar-refractivity contribution < 1.29 is 14.6 Å². The van der Waals surface area contributed by atoms with Gasteiger partial charge >= 0.3 is 5.97 Å². The maximum Gasteiger partial charge on any atom is 0.323 e. The monoisotopic (exact) mass is 255 g/mol. The summed E-state index contributed by atoms with van der Waals surface area (Å²) in [5.74, 6) is -0.763. The molecule has 4 nitrogen and oxygen atoms in total. The van der Waals surface area contributed by atoms with E-state index < -0.39 is 11.5 Å². The van der Waals surface area contributed by atoms with Gasteiger partial charge in [0.1, 0.15) is 5.54 Å². The molecular formula is C14H25NO3. The number of carboxylic acid groups (broad SMARTS) is 1. The Hall–Kier alpha value is -0.610. The van der Waals surface area contributed by atoms with Crippen molar-refractivity contribution in [3.63, 3.8) is 0 Å². The summed E-state index contributed by atoms with van der Waals surface area (Å²) in [5.41, 5.74) is 5.01. The molecule has 2 saturated carbocycles. The Morgan fingerprint density at radius 1 is 1.22 bits per heavy atom. The number of aliphatic carboxylic acids is 1. The second-order valence-electron chi connectivity index (χ2n) is 5.85. The standard InChI is InChI=1S/C14H25NO3/c15-14(13(16)17)9-4-5-11(14)8-10-18-12-6-2-1-3-7-12/h11-12H,1-10,15H2,(H,16,17). The maximum absolute atomic E-state index is 11.2. The number of hydrogen-bond acceptors (Lipinski definition) is 3. The molecule has 2 aliphatic rings. The molecule has 0 aromatic rings. The molecular weight excluding hydrogens is 230 g/mol. The fourth-order valence-electron chi connectivity index (χ4n) is 3.39. The van der Waals surface area contributed by atoms with Gasteiger partial charge in [0, 0.05) is 6.61 Å². The number of ether oxygens (including phenoxy) is 1. The van der Waals surface area contributed by atoms with Crippen LogP contribution in [0.1, 0.15) is 57.8 Å². The van der Waals surface area contributed by atoms with E-state index in [4.69, 9.17) is 10.5 Å². The molecule has 4 heteroatoms. The van der Waals surface area contributed by atoms with Crippen LogP contribution in [0.4, 0.5) is 0 Å². The van der Waals surface area contributed by atoms with Crippen molar-refractivity contribution >= 4 is 5.97 Å². The molecule has 104 valence electrons. The van der Waals surface area contributed by atoms with Crippen LogP contribution in [0.2, 0.25) is 0 Å². The van der Waals surface area contributed by atoms with Crippen LogP contribution in [0.15, 0.2) is 0 Å². The Bertz CT molecular complexity index is 289. The molecule has 2 unspecified atom stereocenters. The second-order valence-corrected chi connectivity index (χ2v) is 5.85. The summed E-state index contributed by atoms with van der Waals surface area (Å²) in [7, 11) is 0. The van der Waals surface area contributed by atoms with Gasteiger partial charge in [-0.15, -0.1) is 0 Å². The number of rotatable bonds is 5. The van der Waals surface area contributed by atoms with Crippen molar-refractivity contribution in [2.75, 3.05) is 6.61 Å². The minimum absolute atomic E-state index is 0.0820. The van der Waals surface area contributed by atoms with Crippen molar-refractivity contribution in [2.45, 2.75) is 69.4 Å². The summed E-state index contributed by atoms with van der Waals surface area (Å²) < 4.78 is 5.87. The van der Waals surface area contributed by atoms with Gasteiger partial charge in [0.2, 0.25) is 0 Å². The van der Waals surface area contributed by atoms with Gasteiger partial charge < -0.3 is 15.6 Å². The third kappa shape index (κ3) is 3.04. The molecule has 2 atom stereocenters. The number of nitrogens with two attached hydrogens (primary N) is 1. The Kier molecular flexibility index (Phi) is 4.62. The number of carboxylic acids is 1. The van der Waals surface area contributed by atoms with Crippen LogP contribution >= 0.6 is 0 Å². The normalized spacial score (nSPS) is 33.7. The highest BCUT2D eigenvalue weighted by Crippen LogP contribution is 2.36. The first-order valence-electron chi connectivity index (χ1n) is 7.27. The third-order valence-corrected chi connectivity index (χ3v) is 4.64. The SMILES string of the molecule is NC1(C(=O)O)CCCC1CCOC1CCCCC1. The quantitative estimate of drug-likeness (QED) is 0.790. The van der Waals surface area contributed by atoms with Gasteiger partial charge in [0.25, 0.3) is 0 Å². The zero-order valence-corrected chi connectivity index (χ0v) is 11.1. The van der Waals surface area contributed by atoms with Crippen molar-refractivity contribution in [1.29, 1.82) is 0 Å². The Morgan fingerprint density at radius 2 is 1.94 bits per heavy atom. The van der Waals surface area contributed by atoms with E-state index in [0.29, 0.717) is 19.1 Å². The molecule has 0 saturated heterocycles. The molecule has 0 amide bonds. The van der Waals surface area contributed by atoms with Crippen LogP contribution in [-0.2, 0) is 9.53 Å². The van der Waals surface area contributed by atoms with Crippen molar-refractivity contribution in [1.82, 2.24) is 0 Å². The molecule has 0 bridgehead atoms. The molecule has 0 heterocycles. The van der Waals surface area contributed by atoms with Crippen molar-refractivity contribution in [3.8, 4) is 0 Å². The zero-order valence-electron chi connectivity index (χ0n) is 11.1. The lowest BCUT2D eigenvalue weighted by molar-refractivity contribution is -0.145. The second kappa shape index (κ2) is 6.02.